The Balaban J connectivity index is 2.13. The van der Waals surface area contributed by atoms with Crippen molar-refractivity contribution in [2.24, 2.45) is 17.8 Å². The van der Waals surface area contributed by atoms with Crippen molar-refractivity contribution in [3.8, 4) is 0 Å². The van der Waals surface area contributed by atoms with Crippen molar-refractivity contribution in [1.29, 1.82) is 0 Å². The van der Waals surface area contributed by atoms with Gasteiger partial charge in [0.2, 0.25) is 0 Å². The van der Waals surface area contributed by atoms with Crippen LogP contribution in [0.3, 0.4) is 0 Å². The van der Waals surface area contributed by atoms with E-state index in [-0.39, 0.29) is 0 Å². The van der Waals surface area contributed by atoms with Gasteiger partial charge in [-0.15, -0.1) is 0 Å². The Labute approximate surface area is 63.3 Å². The summed E-state index contributed by atoms with van der Waals surface area (Å²) in [6, 6.07) is 0. The van der Waals surface area contributed by atoms with Crippen LogP contribution in [0.1, 0.15) is 32.6 Å². The monoisotopic (exact) mass is 136 g/mol. The summed E-state index contributed by atoms with van der Waals surface area (Å²) in [5.41, 5.74) is 1.52. The van der Waals surface area contributed by atoms with E-state index in [9.17, 15) is 0 Å². The van der Waals surface area contributed by atoms with Crippen LogP contribution in [0.2, 0.25) is 0 Å². The topological polar surface area (TPSA) is 0 Å². The third-order valence-corrected chi connectivity index (χ3v) is 3.27. The van der Waals surface area contributed by atoms with Gasteiger partial charge in [0, 0.05) is 0 Å². The maximum absolute atomic E-state index is 4.09. The van der Waals surface area contributed by atoms with E-state index >= 15 is 0 Å². The minimum Gasteiger partial charge on any atom is -0.0998 e. The largest absolute Gasteiger partial charge is 0.0998 e. The Bertz CT molecular complexity index is 155. The van der Waals surface area contributed by atoms with Crippen molar-refractivity contribution in [1.82, 2.24) is 0 Å². The molecule has 2 aliphatic carbocycles. The van der Waals surface area contributed by atoms with E-state index < -0.39 is 0 Å². The molecule has 2 bridgehead atoms. The normalized spacial score (nSPS) is 46.1. The lowest BCUT2D eigenvalue weighted by molar-refractivity contribution is 0.390. The van der Waals surface area contributed by atoms with E-state index in [4.69, 9.17) is 0 Å². The summed E-state index contributed by atoms with van der Waals surface area (Å²) < 4.78 is 0. The molecule has 3 unspecified atom stereocenters. The molecular weight excluding hydrogens is 120 g/mol. The fraction of sp³-hybridized carbons (Fsp3) is 0.800. The van der Waals surface area contributed by atoms with Gasteiger partial charge in [0.25, 0.3) is 0 Å². The fourth-order valence-corrected chi connectivity index (χ4v) is 2.79. The van der Waals surface area contributed by atoms with Gasteiger partial charge >= 0.3 is 0 Å². The molecule has 0 N–H and O–H groups in total. The average Bonchev–Trinajstić information content (AvgIpc) is 2.07. The molecule has 0 aromatic heterocycles. The molecular formula is C10H16. The zero-order valence-corrected chi connectivity index (χ0v) is 6.77. The Hall–Kier alpha value is -0.260. The Morgan fingerprint density at radius 1 is 1.30 bits per heavy atom. The van der Waals surface area contributed by atoms with Gasteiger partial charge in [0.05, 0.1) is 0 Å². The highest BCUT2D eigenvalue weighted by Gasteiger charge is 2.35. The second-order valence-electron chi connectivity index (χ2n) is 4.23. The molecule has 10 heavy (non-hydrogen) atoms. The highest BCUT2D eigenvalue weighted by molar-refractivity contribution is 5.06. The van der Waals surface area contributed by atoms with E-state index in [0.717, 1.165) is 17.8 Å². The van der Waals surface area contributed by atoms with E-state index in [0.29, 0.717) is 0 Å². The SMILES string of the molecule is C=C1CC2CC(C)C(C1)C2. The predicted octanol–water partition coefficient (Wildman–Crippen LogP) is 3.00. The molecule has 0 aliphatic heterocycles. The van der Waals surface area contributed by atoms with Crippen LogP contribution < -0.4 is 0 Å². The maximum atomic E-state index is 4.09. The highest BCUT2D eigenvalue weighted by Crippen LogP contribution is 2.47. The van der Waals surface area contributed by atoms with Crippen molar-refractivity contribution in [2.45, 2.75) is 32.6 Å². The summed E-state index contributed by atoms with van der Waals surface area (Å²) in [5, 5.41) is 0. The molecule has 0 heterocycles. The molecule has 0 radical (unpaired) electrons. The first kappa shape index (κ1) is 6.45. The van der Waals surface area contributed by atoms with Gasteiger partial charge in [-0.3, -0.25) is 0 Å². The van der Waals surface area contributed by atoms with Crippen molar-refractivity contribution >= 4 is 0 Å². The lowest BCUT2D eigenvalue weighted by atomic mass is 9.85. The average molecular weight is 136 g/mol. The molecule has 2 aliphatic rings. The Morgan fingerprint density at radius 3 is 2.80 bits per heavy atom. The minimum atomic E-state index is 0.990. The van der Waals surface area contributed by atoms with E-state index in [1.165, 1.54) is 31.3 Å². The summed E-state index contributed by atoms with van der Waals surface area (Å²) in [7, 11) is 0. The van der Waals surface area contributed by atoms with E-state index in [2.05, 4.69) is 13.5 Å². The quantitative estimate of drug-likeness (QED) is 0.449. The third kappa shape index (κ3) is 0.902. The summed E-state index contributed by atoms with van der Waals surface area (Å²) in [4.78, 5) is 0. The zero-order valence-electron chi connectivity index (χ0n) is 6.77. The zero-order chi connectivity index (χ0) is 7.14. The molecule has 0 aromatic rings. The second kappa shape index (κ2) is 2.11. The van der Waals surface area contributed by atoms with Gasteiger partial charge in [-0.05, 0) is 43.4 Å². The summed E-state index contributed by atoms with van der Waals surface area (Å²) in [6.07, 6.45) is 5.64. The maximum Gasteiger partial charge on any atom is -0.0292 e. The van der Waals surface area contributed by atoms with E-state index in [1.807, 2.05) is 0 Å². The van der Waals surface area contributed by atoms with Gasteiger partial charge in [0.15, 0.2) is 0 Å². The Kier molecular flexibility index (Phi) is 1.36. The molecule has 0 aromatic carbocycles. The third-order valence-electron chi connectivity index (χ3n) is 3.27. The number of hydrogen-bond donors (Lipinski definition) is 0. The van der Waals surface area contributed by atoms with Gasteiger partial charge in [-0.1, -0.05) is 19.1 Å². The molecule has 2 rings (SSSR count). The first-order valence-corrected chi connectivity index (χ1v) is 4.42. The lowest BCUT2D eigenvalue weighted by Crippen LogP contribution is -2.08. The molecule has 56 valence electrons. The molecule has 0 amide bonds. The minimum absolute atomic E-state index is 0.990. The van der Waals surface area contributed by atoms with Crippen molar-refractivity contribution in [2.75, 3.05) is 0 Å². The molecule has 2 saturated carbocycles. The molecule has 3 atom stereocenters. The molecule has 2 fully saturated rings. The molecule has 0 nitrogen and oxygen atoms in total. The van der Waals surface area contributed by atoms with Crippen LogP contribution in [0.5, 0.6) is 0 Å². The fourth-order valence-electron chi connectivity index (χ4n) is 2.79. The summed E-state index contributed by atoms with van der Waals surface area (Å²) >= 11 is 0. The highest BCUT2D eigenvalue weighted by atomic mass is 14.4. The first-order chi connectivity index (χ1) is 4.75. The van der Waals surface area contributed by atoms with Crippen molar-refractivity contribution in [3.05, 3.63) is 12.2 Å². The number of fused-ring (bicyclic) bond motifs is 2. The second-order valence-corrected chi connectivity index (χ2v) is 4.23. The van der Waals surface area contributed by atoms with Crippen molar-refractivity contribution < 1.29 is 0 Å². The van der Waals surface area contributed by atoms with Crippen LogP contribution in [0.25, 0.3) is 0 Å². The van der Waals surface area contributed by atoms with Gasteiger partial charge < -0.3 is 0 Å². The van der Waals surface area contributed by atoms with Crippen molar-refractivity contribution in [3.63, 3.8) is 0 Å². The van der Waals surface area contributed by atoms with Gasteiger partial charge in [-0.25, -0.2) is 0 Å². The predicted molar refractivity (Wildman–Crippen MR) is 43.8 cm³/mol. The standard InChI is InChI=1S/C10H16/c1-7-3-9-5-8(2)10(4-7)6-9/h8-10H,1,3-6H2,2H3. The molecule has 0 heteroatoms. The first-order valence-electron chi connectivity index (χ1n) is 4.42. The van der Waals surface area contributed by atoms with Crippen LogP contribution in [-0.4, -0.2) is 0 Å². The van der Waals surface area contributed by atoms with Crippen LogP contribution in [0.15, 0.2) is 12.2 Å². The van der Waals surface area contributed by atoms with Gasteiger partial charge in [-0.2, -0.15) is 0 Å². The number of rotatable bonds is 0. The van der Waals surface area contributed by atoms with E-state index in [1.54, 1.807) is 0 Å². The van der Waals surface area contributed by atoms with Gasteiger partial charge in [0.1, 0.15) is 0 Å². The summed E-state index contributed by atoms with van der Waals surface area (Å²) in [6.45, 7) is 6.50. The van der Waals surface area contributed by atoms with Crippen LogP contribution in [0, 0.1) is 17.8 Å². The number of hydrogen-bond acceptors (Lipinski definition) is 0. The Morgan fingerprint density at radius 2 is 2.10 bits per heavy atom. The van der Waals surface area contributed by atoms with Crippen LogP contribution in [0.4, 0.5) is 0 Å². The van der Waals surface area contributed by atoms with Crippen LogP contribution in [-0.2, 0) is 0 Å². The van der Waals surface area contributed by atoms with Crippen LogP contribution >= 0.6 is 0 Å². The number of allylic oxidation sites excluding steroid dienone is 1. The smallest absolute Gasteiger partial charge is 0.0292 e. The molecule has 0 saturated heterocycles. The summed E-state index contributed by atoms with van der Waals surface area (Å²) in [5.74, 6) is 3.01. The lowest BCUT2D eigenvalue weighted by Gasteiger charge is -2.21. The molecule has 0 spiro atoms.